The van der Waals surface area contributed by atoms with Gasteiger partial charge in [0.1, 0.15) is 0 Å². The molecule has 1 atom stereocenters. The van der Waals surface area contributed by atoms with Crippen molar-refractivity contribution in [3.8, 4) is 0 Å². The Kier molecular flexibility index (Phi) is 4.19. The second-order valence-electron chi connectivity index (χ2n) is 4.12. The summed E-state index contributed by atoms with van der Waals surface area (Å²) in [7, 11) is 0. The van der Waals surface area contributed by atoms with E-state index in [1.54, 1.807) is 0 Å². The van der Waals surface area contributed by atoms with Crippen molar-refractivity contribution in [3.05, 3.63) is 29.8 Å². The minimum atomic E-state index is 0.429. The van der Waals surface area contributed by atoms with E-state index in [1.165, 1.54) is 11.3 Å². The Morgan fingerprint density at radius 2 is 2.31 bits per heavy atom. The highest BCUT2D eigenvalue weighted by molar-refractivity contribution is 5.51. The predicted octanol–water partition coefficient (Wildman–Crippen LogP) is 1.65. The van der Waals surface area contributed by atoms with Crippen LogP contribution in [0.4, 0.5) is 5.69 Å². The summed E-state index contributed by atoms with van der Waals surface area (Å²) in [6, 6.07) is 8.91. The molecule has 1 saturated heterocycles. The standard InChI is InChI=1S/C13H20N2O/c1-2-11-5-3-4-6-13(11)15-9-12-10-16-8-7-14-12/h3-6,12,14-15H,2,7-10H2,1H3. The number of benzene rings is 1. The fourth-order valence-corrected chi connectivity index (χ4v) is 1.99. The van der Waals surface area contributed by atoms with Gasteiger partial charge in [0.2, 0.25) is 0 Å². The molecule has 0 radical (unpaired) electrons. The highest BCUT2D eigenvalue weighted by Crippen LogP contribution is 2.15. The topological polar surface area (TPSA) is 33.3 Å². The number of anilines is 1. The average Bonchev–Trinajstić information content (AvgIpc) is 2.38. The number of nitrogens with one attached hydrogen (secondary N) is 2. The number of morpholine rings is 1. The van der Waals surface area contributed by atoms with Crippen molar-refractivity contribution in [2.75, 3.05) is 31.6 Å². The van der Waals surface area contributed by atoms with E-state index in [2.05, 4.69) is 41.8 Å². The molecule has 0 aliphatic carbocycles. The maximum atomic E-state index is 5.42. The van der Waals surface area contributed by atoms with Gasteiger partial charge in [-0.15, -0.1) is 0 Å². The van der Waals surface area contributed by atoms with Crippen LogP contribution in [0.2, 0.25) is 0 Å². The molecule has 0 bridgehead atoms. The lowest BCUT2D eigenvalue weighted by Crippen LogP contribution is -2.45. The summed E-state index contributed by atoms with van der Waals surface area (Å²) in [6.45, 7) is 5.71. The van der Waals surface area contributed by atoms with Crippen molar-refractivity contribution in [1.29, 1.82) is 0 Å². The molecule has 3 nitrogen and oxygen atoms in total. The molecule has 1 aromatic carbocycles. The van der Waals surface area contributed by atoms with Crippen LogP contribution < -0.4 is 10.6 Å². The van der Waals surface area contributed by atoms with Crippen LogP contribution in [0.5, 0.6) is 0 Å². The Labute approximate surface area is 97.2 Å². The van der Waals surface area contributed by atoms with Crippen molar-refractivity contribution in [2.45, 2.75) is 19.4 Å². The maximum Gasteiger partial charge on any atom is 0.0637 e. The average molecular weight is 220 g/mol. The highest BCUT2D eigenvalue weighted by atomic mass is 16.5. The van der Waals surface area contributed by atoms with E-state index >= 15 is 0 Å². The maximum absolute atomic E-state index is 5.42. The third-order valence-corrected chi connectivity index (χ3v) is 2.94. The molecular formula is C13H20N2O. The van der Waals surface area contributed by atoms with E-state index in [9.17, 15) is 0 Å². The number of hydrogen-bond donors (Lipinski definition) is 2. The van der Waals surface area contributed by atoms with Crippen LogP contribution in [0.15, 0.2) is 24.3 Å². The van der Waals surface area contributed by atoms with Gasteiger partial charge in [-0.05, 0) is 18.1 Å². The molecule has 16 heavy (non-hydrogen) atoms. The SMILES string of the molecule is CCc1ccccc1NCC1COCCN1. The van der Waals surface area contributed by atoms with E-state index in [4.69, 9.17) is 4.74 Å². The molecule has 0 spiro atoms. The van der Waals surface area contributed by atoms with E-state index in [0.717, 1.165) is 32.7 Å². The lowest BCUT2D eigenvalue weighted by Gasteiger charge is -2.24. The number of rotatable bonds is 4. The van der Waals surface area contributed by atoms with Gasteiger partial charge in [-0.1, -0.05) is 25.1 Å². The molecule has 1 aliphatic rings. The van der Waals surface area contributed by atoms with E-state index < -0.39 is 0 Å². The van der Waals surface area contributed by atoms with Gasteiger partial charge in [0.15, 0.2) is 0 Å². The van der Waals surface area contributed by atoms with Gasteiger partial charge in [0.25, 0.3) is 0 Å². The van der Waals surface area contributed by atoms with Crippen molar-refractivity contribution in [3.63, 3.8) is 0 Å². The summed E-state index contributed by atoms with van der Waals surface area (Å²) in [5, 5.41) is 6.93. The quantitative estimate of drug-likeness (QED) is 0.809. The van der Waals surface area contributed by atoms with Gasteiger partial charge in [-0.25, -0.2) is 0 Å². The first-order chi connectivity index (χ1) is 7.90. The number of hydrogen-bond acceptors (Lipinski definition) is 3. The van der Waals surface area contributed by atoms with Gasteiger partial charge in [-0.3, -0.25) is 0 Å². The summed E-state index contributed by atoms with van der Waals surface area (Å²) in [5.74, 6) is 0. The minimum absolute atomic E-state index is 0.429. The molecule has 1 aromatic rings. The highest BCUT2D eigenvalue weighted by Gasteiger charge is 2.12. The molecule has 0 amide bonds. The molecule has 2 rings (SSSR count). The Balaban J connectivity index is 1.88. The van der Waals surface area contributed by atoms with Crippen LogP contribution in [0.3, 0.4) is 0 Å². The van der Waals surface area contributed by atoms with Crippen molar-refractivity contribution < 1.29 is 4.74 Å². The second kappa shape index (κ2) is 5.87. The summed E-state index contributed by atoms with van der Waals surface area (Å²) in [5.41, 5.74) is 2.62. The Morgan fingerprint density at radius 3 is 3.06 bits per heavy atom. The Morgan fingerprint density at radius 1 is 1.44 bits per heavy atom. The predicted molar refractivity (Wildman–Crippen MR) is 66.9 cm³/mol. The van der Waals surface area contributed by atoms with Gasteiger partial charge >= 0.3 is 0 Å². The lowest BCUT2D eigenvalue weighted by molar-refractivity contribution is 0.0806. The van der Waals surface area contributed by atoms with Crippen molar-refractivity contribution in [2.24, 2.45) is 0 Å². The zero-order valence-electron chi connectivity index (χ0n) is 9.83. The van der Waals surface area contributed by atoms with Crippen LogP contribution in [0.25, 0.3) is 0 Å². The molecule has 3 heteroatoms. The summed E-state index contributed by atoms with van der Waals surface area (Å²) in [4.78, 5) is 0. The fraction of sp³-hybridized carbons (Fsp3) is 0.538. The second-order valence-corrected chi connectivity index (χ2v) is 4.12. The summed E-state index contributed by atoms with van der Waals surface area (Å²) < 4.78 is 5.42. The smallest absolute Gasteiger partial charge is 0.0637 e. The van der Waals surface area contributed by atoms with Crippen LogP contribution in [-0.4, -0.2) is 32.3 Å². The van der Waals surface area contributed by atoms with Gasteiger partial charge in [0, 0.05) is 24.8 Å². The fourth-order valence-electron chi connectivity index (χ4n) is 1.99. The third kappa shape index (κ3) is 2.97. The summed E-state index contributed by atoms with van der Waals surface area (Å²) in [6.07, 6.45) is 1.07. The van der Waals surface area contributed by atoms with Crippen LogP contribution in [0, 0.1) is 0 Å². The monoisotopic (exact) mass is 220 g/mol. The number of para-hydroxylation sites is 1. The number of aryl methyl sites for hydroxylation is 1. The van der Waals surface area contributed by atoms with Gasteiger partial charge in [0.05, 0.1) is 13.2 Å². The van der Waals surface area contributed by atoms with E-state index in [1.807, 2.05) is 0 Å². The van der Waals surface area contributed by atoms with Crippen LogP contribution >= 0.6 is 0 Å². The van der Waals surface area contributed by atoms with E-state index in [0.29, 0.717) is 6.04 Å². The van der Waals surface area contributed by atoms with Crippen LogP contribution in [0.1, 0.15) is 12.5 Å². The molecule has 1 aliphatic heterocycles. The molecule has 2 N–H and O–H groups in total. The van der Waals surface area contributed by atoms with Crippen molar-refractivity contribution >= 4 is 5.69 Å². The molecule has 1 unspecified atom stereocenters. The summed E-state index contributed by atoms with van der Waals surface area (Å²) >= 11 is 0. The minimum Gasteiger partial charge on any atom is -0.383 e. The normalized spacial score (nSPS) is 20.7. The zero-order valence-corrected chi connectivity index (χ0v) is 9.83. The molecule has 1 heterocycles. The molecular weight excluding hydrogens is 200 g/mol. The lowest BCUT2D eigenvalue weighted by atomic mass is 10.1. The van der Waals surface area contributed by atoms with Gasteiger partial charge in [-0.2, -0.15) is 0 Å². The van der Waals surface area contributed by atoms with E-state index in [-0.39, 0.29) is 0 Å². The number of ether oxygens (including phenoxy) is 1. The first-order valence-electron chi connectivity index (χ1n) is 6.03. The molecule has 1 fully saturated rings. The largest absolute Gasteiger partial charge is 0.383 e. The first-order valence-corrected chi connectivity index (χ1v) is 6.03. The molecule has 88 valence electrons. The molecule has 0 aromatic heterocycles. The van der Waals surface area contributed by atoms with Crippen molar-refractivity contribution in [1.82, 2.24) is 5.32 Å². The Hall–Kier alpha value is -1.06. The molecule has 0 saturated carbocycles. The zero-order chi connectivity index (χ0) is 11.2. The third-order valence-electron chi connectivity index (χ3n) is 2.94. The first kappa shape index (κ1) is 11.4. The Bertz CT molecular complexity index is 321. The van der Waals surface area contributed by atoms with Crippen LogP contribution in [-0.2, 0) is 11.2 Å². The van der Waals surface area contributed by atoms with Gasteiger partial charge < -0.3 is 15.4 Å².